The Morgan fingerprint density at radius 3 is 2.49 bits per heavy atom. The topological polar surface area (TPSA) is 97.5 Å². The Balaban J connectivity index is 1.34. The second-order valence-electron chi connectivity index (χ2n) is 8.88. The number of rotatable bonds is 5. The molecule has 1 aromatic heterocycles. The van der Waals surface area contributed by atoms with Crippen LogP contribution in [0.5, 0.6) is 5.75 Å². The molecule has 1 aliphatic heterocycles. The lowest BCUT2D eigenvalue weighted by Gasteiger charge is -2.30. The van der Waals surface area contributed by atoms with E-state index in [1.54, 1.807) is 65.6 Å². The number of alkyl halides is 3. The third-order valence-electron chi connectivity index (χ3n) is 6.24. The number of carbonyl (C=O) groups excluding carboxylic acids is 2. The maximum absolute atomic E-state index is 13.2. The van der Waals surface area contributed by atoms with Gasteiger partial charge in [-0.3, -0.25) is 9.59 Å². The Bertz CT molecular complexity index is 1540. The first-order valence-electron chi connectivity index (χ1n) is 12.1. The van der Waals surface area contributed by atoms with Crippen molar-refractivity contribution in [2.24, 2.45) is 0 Å². The van der Waals surface area contributed by atoms with Crippen molar-refractivity contribution >= 4 is 29.0 Å². The van der Waals surface area contributed by atoms with E-state index in [0.717, 1.165) is 12.1 Å². The van der Waals surface area contributed by atoms with E-state index in [-0.39, 0.29) is 18.9 Å². The molecule has 5 rings (SSSR count). The lowest BCUT2D eigenvalue weighted by molar-refractivity contribution is -0.137. The number of anilines is 3. The highest BCUT2D eigenvalue weighted by atomic mass is 19.4. The van der Waals surface area contributed by atoms with Gasteiger partial charge in [0.15, 0.2) is 0 Å². The molecule has 0 saturated carbocycles. The molecule has 0 saturated heterocycles. The van der Waals surface area contributed by atoms with E-state index in [1.165, 1.54) is 12.1 Å². The first-order chi connectivity index (χ1) is 18.7. The average molecular weight is 533 g/mol. The van der Waals surface area contributed by atoms with Crippen LogP contribution in [0.2, 0.25) is 0 Å². The van der Waals surface area contributed by atoms with Gasteiger partial charge in [-0.15, -0.1) is 0 Å². The van der Waals surface area contributed by atoms with Crippen LogP contribution < -0.4 is 20.7 Å². The lowest BCUT2D eigenvalue weighted by atomic mass is 9.98. The number of carbonyl (C=O) groups is 2. The van der Waals surface area contributed by atoms with Crippen molar-refractivity contribution < 1.29 is 27.5 Å². The average Bonchev–Trinajstić information content (AvgIpc) is 2.92. The fourth-order valence-corrected chi connectivity index (χ4v) is 4.37. The fourth-order valence-electron chi connectivity index (χ4n) is 4.37. The van der Waals surface area contributed by atoms with Crippen LogP contribution in [0.4, 0.5) is 30.4 Å². The molecule has 10 heteroatoms. The van der Waals surface area contributed by atoms with Crippen LogP contribution in [-0.2, 0) is 17.4 Å². The van der Waals surface area contributed by atoms with E-state index in [0.29, 0.717) is 51.9 Å². The summed E-state index contributed by atoms with van der Waals surface area (Å²) in [5, 5.41) is 2.82. The second kappa shape index (κ2) is 10.5. The number of nitrogens with zero attached hydrogens (tertiary/aromatic N) is 2. The molecule has 0 bridgehead atoms. The number of fused-ring (bicyclic) bond motifs is 1. The number of nitrogens with one attached hydrogen (secondary N) is 1. The van der Waals surface area contributed by atoms with E-state index in [2.05, 4.69) is 10.3 Å². The summed E-state index contributed by atoms with van der Waals surface area (Å²) in [5.74, 6) is 0.161. The van der Waals surface area contributed by atoms with Crippen molar-refractivity contribution in [3.63, 3.8) is 0 Å². The Morgan fingerprint density at radius 2 is 1.74 bits per heavy atom. The van der Waals surface area contributed by atoms with E-state index in [4.69, 9.17) is 10.5 Å². The number of ether oxygens (including phenoxy) is 1. The molecule has 3 N–H and O–H groups in total. The Morgan fingerprint density at radius 1 is 0.974 bits per heavy atom. The number of hydrogen-bond donors (Lipinski definition) is 2. The van der Waals surface area contributed by atoms with Crippen LogP contribution in [0, 0.1) is 0 Å². The van der Waals surface area contributed by atoms with Gasteiger partial charge in [0.1, 0.15) is 18.2 Å². The van der Waals surface area contributed by atoms with Gasteiger partial charge >= 0.3 is 6.18 Å². The number of nitrogen functional groups attached to an aromatic ring is 1. The zero-order valence-corrected chi connectivity index (χ0v) is 20.5. The molecule has 2 heterocycles. The number of hydrogen-bond acceptors (Lipinski definition) is 5. The van der Waals surface area contributed by atoms with Crippen molar-refractivity contribution in [1.82, 2.24) is 4.98 Å². The lowest BCUT2D eigenvalue weighted by Crippen LogP contribution is -2.39. The van der Waals surface area contributed by atoms with Crippen LogP contribution in [0.1, 0.15) is 21.6 Å². The molecule has 7 nitrogen and oxygen atoms in total. The number of benzene rings is 3. The van der Waals surface area contributed by atoms with Crippen LogP contribution in [0.3, 0.4) is 0 Å². The maximum Gasteiger partial charge on any atom is 0.416 e. The summed E-state index contributed by atoms with van der Waals surface area (Å²) in [5.41, 5.74) is 7.78. The molecule has 1 aliphatic rings. The first-order valence-corrected chi connectivity index (χ1v) is 12.1. The van der Waals surface area contributed by atoms with Crippen molar-refractivity contribution in [1.29, 1.82) is 0 Å². The number of amides is 2. The van der Waals surface area contributed by atoms with Crippen LogP contribution in [0.25, 0.3) is 11.1 Å². The zero-order valence-electron chi connectivity index (χ0n) is 20.5. The molecule has 0 aliphatic carbocycles. The molecular weight excluding hydrogens is 509 g/mol. The Labute approximate surface area is 222 Å². The standard InChI is InChI=1S/C29H23F3N4O3/c30-29(31,32)19-10-8-18(9-11-19)22-5-1-2-6-23(22)28(38)35-21-12-13-24-25(16-21)39-15-14-36(24)27(37)17-20-4-3-7-26(33)34-20/h1-13,16H,14-15,17H2,(H2,33,34)(H,35,38). The number of halogens is 3. The van der Waals surface area contributed by atoms with Crippen LogP contribution in [0.15, 0.2) is 84.9 Å². The first kappa shape index (κ1) is 25.8. The van der Waals surface area contributed by atoms with Crippen LogP contribution >= 0.6 is 0 Å². The molecular formula is C29H23F3N4O3. The number of aromatic nitrogens is 1. The third-order valence-corrected chi connectivity index (χ3v) is 6.24. The summed E-state index contributed by atoms with van der Waals surface area (Å²) in [6.07, 6.45) is -4.37. The SMILES string of the molecule is Nc1cccc(CC(=O)N2CCOc3cc(NC(=O)c4ccccc4-c4ccc(C(F)(F)F)cc4)ccc32)n1. The highest BCUT2D eigenvalue weighted by Gasteiger charge is 2.30. The van der Waals surface area contributed by atoms with Crippen LogP contribution in [-0.4, -0.2) is 29.9 Å². The van der Waals surface area contributed by atoms with E-state index in [9.17, 15) is 22.8 Å². The molecule has 0 fully saturated rings. The van der Waals surface area contributed by atoms with Gasteiger partial charge in [-0.2, -0.15) is 13.2 Å². The second-order valence-corrected chi connectivity index (χ2v) is 8.88. The zero-order chi connectivity index (χ0) is 27.6. The van der Waals surface area contributed by atoms with E-state index < -0.39 is 17.6 Å². The van der Waals surface area contributed by atoms with Gasteiger partial charge in [-0.1, -0.05) is 36.4 Å². The largest absolute Gasteiger partial charge is 0.489 e. The summed E-state index contributed by atoms with van der Waals surface area (Å²) in [7, 11) is 0. The molecule has 2 amide bonds. The van der Waals surface area contributed by atoms with Gasteiger partial charge in [-0.25, -0.2) is 4.98 Å². The van der Waals surface area contributed by atoms with Gasteiger partial charge in [0.25, 0.3) is 5.91 Å². The smallest absolute Gasteiger partial charge is 0.416 e. The van der Waals surface area contributed by atoms with Crippen molar-refractivity contribution in [3.05, 3.63) is 102 Å². The van der Waals surface area contributed by atoms with Gasteiger partial charge in [0.2, 0.25) is 5.91 Å². The minimum absolute atomic E-state index is 0.0731. The summed E-state index contributed by atoms with van der Waals surface area (Å²) in [4.78, 5) is 32.0. The minimum Gasteiger partial charge on any atom is -0.489 e. The van der Waals surface area contributed by atoms with E-state index >= 15 is 0 Å². The molecule has 198 valence electrons. The van der Waals surface area contributed by atoms with Gasteiger partial charge in [0.05, 0.1) is 29.9 Å². The molecule has 4 aromatic rings. The summed E-state index contributed by atoms with van der Waals surface area (Å²) in [6, 6.07) is 21.4. The predicted molar refractivity (Wildman–Crippen MR) is 141 cm³/mol. The molecule has 39 heavy (non-hydrogen) atoms. The highest BCUT2D eigenvalue weighted by Crippen LogP contribution is 2.35. The monoisotopic (exact) mass is 532 g/mol. The summed E-state index contributed by atoms with van der Waals surface area (Å²) in [6.45, 7) is 0.637. The quantitative estimate of drug-likeness (QED) is 0.350. The van der Waals surface area contributed by atoms with Gasteiger partial charge in [-0.05, 0) is 53.6 Å². The van der Waals surface area contributed by atoms with E-state index in [1.807, 2.05) is 0 Å². The highest BCUT2D eigenvalue weighted by molar-refractivity contribution is 6.09. The Hall–Kier alpha value is -4.86. The van der Waals surface area contributed by atoms with Crippen molar-refractivity contribution in [2.45, 2.75) is 12.6 Å². The van der Waals surface area contributed by atoms with Gasteiger partial charge < -0.3 is 20.7 Å². The van der Waals surface area contributed by atoms with Gasteiger partial charge in [0, 0.05) is 17.3 Å². The Kier molecular flexibility index (Phi) is 6.93. The number of pyridine rings is 1. The fraction of sp³-hybridized carbons (Fsp3) is 0.138. The minimum atomic E-state index is -4.45. The molecule has 0 radical (unpaired) electrons. The maximum atomic E-state index is 13.2. The predicted octanol–water partition coefficient (Wildman–Crippen LogP) is 5.57. The van der Waals surface area contributed by atoms with Crippen molar-refractivity contribution in [3.8, 4) is 16.9 Å². The summed E-state index contributed by atoms with van der Waals surface area (Å²) >= 11 is 0. The molecule has 0 unspecified atom stereocenters. The summed E-state index contributed by atoms with van der Waals surface area (Å²) < 4.78 is 44.7. The molecule has 0 spiro atoms. The number of nitrogens with two attached hydrogens (primary N) is 1. The van der Waals surface area contributed by atoms with Crippen molar-refractivity contribution in [2.75, 3.05) is 29.1 Å². The normalized spacial score (nSPS) is 12.8. The third kappa shape index (κ3) is 5.69. The molecule has 3 aromatic carbocycles. The molecule has 0 atom stereocenters.